The number of ether oxygens (including phenoxy) is 2. The quantitative estimate of drug-likeness (QED) is 0.0270. The van der Waals surface area contributed by atoms with E-state index in [2.05, 4.69) is 30.5 Å². The van der Waals surface area contributed by atoms with Crippen LogP contribution >= 0.6 is 7.82 Å². The third-order valence-electron chi connectivity index (χ3n) is 10.8. The summed E-state index contributed by atoms with van der Waals surface area (Å²) >= 11 is 0. The highest BCUT2D eigenvalue weighted by atomic mass is 31.2. The molecule has 0 aliphatic carbocycles. The van der Waals surface area contributed by atoms with Crippen LogP contribution in [0, 0.1) is 0 Å². The average Bonchev–Trinajstić information content (AvgIpc) is 3.17. The summed E-state index contributed by atoms with van der Waals surface area (Å²) < 4.78 is 26.5. The molecule has 0 spiro atoms. The van der Waals surface area contributed by atoms with Gasteiger partial charge in [0.2, 0.25) is 0 Å². The molecule has 0 aliphatic heterocycles. The van der Waals surface area contributed by atoms with Gasteiger partial charge < -0.3 is 19.3 Å². The highest BCUT2D eigenvalue weighted by molar-refractivity contribution is 7.46. The second-order valence-electron chi connectivity index (χ2n) is 16.4. The molecule has 0 unspecified atom stereocenters. The fourth-order valence-corrected chi connectivity index (χ4v) is 7.55. The number of carbonyl (C=O) groups excluding carboxylic acids is 2. The first-order valence-electron chi connectivity index (χ1n) is 24.0. The molecule has 0 aromatic heterocycles. The molecule has 0 radical (unpaired) electrons. The van der Waals surface area contributed by atoms with Crippen LogP contribution in [-0.2, 0) is 28.2 Å². The lowest BCUT2D eigenvalue weighted by Gasteiger charge is -2.18. The van der Waals surface area contributed by atoms with Gasteiger partial charge in [-0.15, -0.1) is 0 Å². The number of hydrogen-bond donors (Lipinski definition) is 2. The Bertz CT molecular complexity index is 920. The van der Waals surface area contributed by atoms with Crippen LogP contribution in [0.25, 0.3) is 0 Å². The lowest BCUT2D eigenvalue weighted by atomic mass is 10.0. The zero-order chi connectivity index (χ0) is 41.1. The minimum atomic E-state index is -4.75. The molecule has 9 heteroatoms. The van der Waals surface area contributed by atoms with Crippen LogP contribution in [0.3, 0.4) is 0 Å². The summed E-state index contributed by atoms with van der Waals surface area (Å²) in [5.74, 6) is -0.869. The predicted octanol–water partition coefficient (Wildman–Crippen LogP) is 15.0. The number of esters is 2. The van der Waals surface area contributed by atoms with Crippen LogP contribution in [-0.4, -0.2) is 41.0 Å². The van der Waals surface area contributed by atoms with E-state index in [-0.39, 0.29) is 19.4 Å². The molecule has 1 atom stereocenters. The Kier molecular flexibility index (Phi) is 42.4. The SMILES string of the molecule is CCCCCCCC/C=C\CCCCCCCCCCCCCC(=O)O[C@H](COC(=O)CCCCCCCCCCCCCCCCCCC)COP(=O)(O)O. The molecular weight excluding hydrogens is 723 g/mol. The molecule has 0 saturated carbocycles. The Balaban J connectivity index is 3.81. The number of phosphoric acid groups is 1. The van der Waals surface area contributed by atoms with Gasteiger partial charge in [-0.3, -0.25) is 14.1 Å². The molecule has 0 aromatic carbocycles. The van der Waals surface area contributed by atoms with E-state index in [1.54, 1.807) is 0 Å². The van der Waals surface area contributed by atoms with Gasteiger partial charge in [-0.05, 0) is 38.5 Å². The Morgan fingerprint density at radius 3 is 1.09 bits per heavy atom. The number of hydrogen-bond acceptors (Lipinski definition) is 6. The van der Waals surface area contributed by atoms with E-state index >= 15 is 0 Å². The van der Waals surface area contributed by atoms with Gasteiger partial charge in [0.25, 0.3) is 0 Å². The third-order valence-corrected chi connectivity index (χ3v) is 11.3. The van der Waals surface area contributed by atoms with Crippen molar-refractivity contribution in [3.05, 3.63) is 12.2 Å². The van der Waals surface area contributed by atoms with Crippen molar-refractivity contribution in [3.63, 3.8) is 0 Å². The van der Waals surface area contributed by atoms with Crippen LogP contribution in [0.4, 0.5) is 0 Å². The number of unbranched alkanes of at least 4 members (excludes halogenated alkanes) is 33. The van der Waals surface area contributed by atoms with Crippen molar-refractivity contribution in [2.75, 3.05) is 13.2 Å². The first-order valence-corrected chi connectivity index (χ1v) is 25.5. The Morgan fingerprint density at radius 2 is 0.750 bits per heavy atom. The summed E-state index contributed by atoms with van der Waals surface area (Å²) in [4.78, 5) is 43.0. The number of rotatable bonds is 45. The molecular formula is C47H91O8P. The maximum atomic E-state index is 12.5. The molecule has 0 aromatic rings. The number of carbonyl (C=O) groups is 2. The van der Waals surface area contributed by atoms with Gasteiger partial charge in [0.15, 0.2) is 6.10 Å². The van der Waals surface area contributed by atoms with Gasteiger partial charge in [0.05, 0.1) is 6.61 Å². The smallest absolute Gasteiger partial charge is 0.462 e. The van der Waals surface area contributed by atoms with E-state index in [9.17, 15) is 14.2 Å². The zero-order valence-electron chi connectivity index (χ0n) is 36.8. The Labute approximate surface area is 346 Å². The summed E-state index contributed by atoms with van der Waals surface area (Å²) in [5, 5.41) is 0. The fourth-order valence-electron chi connectivity index (χ4n) is 7.19. The van der Waals surface area contributed by atoms with Crippen LogP contribution in [0.2, 0.25) is 0 Å². The molecule has 2 N–H and O–H groups in total. The van der Waals surface area contributed by atoms with Gasteiger partial charge >= 0.3 is 19.8 Å². The molecule has 0 bridgehead atoms. The van der Waals surface area contributed by atoms with Crippen molar-refractivity contribution < 1.29 is 37.9 Å². The van der Waals surface area contributed by atoms with Gasteiger partial charge in [-0.2, -0.15) is 0 Å². The third kappa shape index (κ3) is 45.5. The lowest BCUT2D eigenvalue weighted by molar-refractivity contribution is -0.161. The summed E-state index contributed by atoms with van der Waals surface area (Å²) in [5.41, 5.74) is 0. The zero-order valence-corrected chi connectivity index (χ0v) is 37.7. The number of allylic oxidation sites excluding steroid dienone is 2. The maximum absolute atomic E-state index is 12.5. The minimum absolute atomic E-state index is 0.216. The standard InChI is InChI=1S/C47H91O8P/c1-3-5-7-9-11-13-15-17-19-21-22-23-24-26-28-30-32-34-36-38-40-42-47(49)55-45(44-54-56(50,51)52)43-53-46(48)41-39-37-35-33-31-29-27-25-20-18-16-14-12-10-8-6-4-2/h17,19,45H,3-16,18,20-44H2,1-2H3,(H2,50,51,52)/b19-17-/t45-/m1/s1. The van der Waals surface area contributed by atoms with E-state index in [1.807, 2.05) is 0 Å². The van der Waals surface area contributed by atoms with Crippen molar-refractivity contribution in [1.29, 1.82) is 0 Å². The summed E-state index contributed by atoms with van der Waals surface area (Å²) in [6.07, 6.45) is 49.4. The maximum Gasteiger partial charge on any atom is 0.469 e. The molecule has 0 rings (SSSR count). The lowest BCUT2D eigenvalue weighted by Crippen LogP contribution is -2.29. The first kappa shape index (κ1) is 54.8. The monoisotopic (exact) mass is 815 g/mol. The molecule has 8 nitrogen and oxygen atoms in total. The first-order chi connectivity index (χ1) is 27.3. The van der Waals surface area contributed by atoms with Crippen LogP contribution in [0.1, 0.15) is 258 Å². The van der Waals surface area contributed by atoms with Gasteiger partial charge in [0, 0.05) is 12.8 Å². The molecule has 332 valence electrons. The van der Waals surface area contributed by atoms with Crippen LogP contribution < -0.4 is 0 Å². The summed E-state index contributed by atoms with van der Waals surface area (Å²) in [7, 11) is -4.75. The highest BCUT2D eigenvalue weighted by Crippen LogP contribution is 2.36. The Morgan fingerprint density at radius 1 is 0.446 bits per heavy atom. The van der Waals surface area contributed by atoms with Gasteiger partial charge in [0.1, 0.15) is 6.61 Å². The van der Waals surface area contributed by atoms with E-state index < -0.39 is 32.5 Å². The largest absolute Gasteiger partial charge is 0.469 e. The molecule has 0 heterocycles. The summed E-state index contributed by atoms with van der Waals surface area (Å²) in [6.45, 7) is 3.73. The van der Waals surface area contributed by atoms with Crippen molar-refractivity contribution >= 4 is 19.8 Å². The molecule has 56 heavy (non-hydrogen) atoms. The van der Waals surface area contributed by atoms with Crippen molar-refractivity contribution in [1.82, 2.24) is 0 Å². The van der Waals surface area contributed by atoms with Crippen molar-refractivity contribution in [3.8, 4) is 0 Å². The van der Waals surface area contributed by atoms with Crippen molar-refractivity contribution in [2.45, 2.75) is 264 Å². The van der Waals surface area contributed by atoms with E-state index in [0.717, 1.165) is 38.5 Å². The highest BCUT2D eigenvalue weighted by Gasteiger charge is 2.23. The second kappa shape index (κ2) is 43.4. The molecule has 0 amide bonds. The molecule has 0 aliphatic rings. The topological polar surface area (TPSA) is 119 Å². The summed E-state index contributed by atoms with van der Waals surface area (Å²) in [6, 6.07) is 0. The van der Waals surface area contributed by atoms with Gasteiger partial charge in [-0.1, -0.05) is 219 Å². The van der Waals surface area contributed by atoms with E-state index in [1.165, 1.54) is 186 Å². The number of phosphoric ester groups is 1. The van der Waals surface area contributed by atoms with Crippen molar-refractivity contribution in [2.24, 2.45) is 0 Å². The fraction of sp³-hybridized carbons (Fsp3) is 0.915. The average molecular weight is 815 g/mol. The predicted molar refractivity (Wildman–Crippen MR) is 235 cm³/mol. The van der Waals surface area contributed by atoms with Gasteiger partial charge in [-0.25, -0.2) is 4.57 Å². The van der Waals surface area contributed by atoms with Crippen LogP contribution in [0.5, 0.6) is 0 Å². The van der Waals surface area contributed by atoms with E-state index in [0.29, 0.717) is 6.42 Å². The molecule has 0 fully saturated rings. The second-order valence-corrected chi connectivity index (χ2v) is 17.7. The van der Waals surface area contributed by atoms with E-state index in [4.69, 9.17) is 19.3 Å². The molecule has 0 saturated heterocycles. The normalized spacial score (nSPS) is 12.4. The van der Waals surface area contributed by atoms with Crippen LogP contribution in [0.15, 0.2) is 12.2 Å². The Hall–Kier alpha value is -1.21. The minimum Gasteiger partial charge on any atom is -0.462 e.